The van der Waals surface area contributed by atoms with Gasteiger partial charge in [0, 0.05) is 138 Å². The minimum Gasteiger partial charge on any atom is -0.390 e. The number of amides is 9. The van der Waals surface area contributed by atoms with Crippen LogP contribution in [0.4, 0.5) is 0 Å². The standard InChI is InChI=1S/C76H127N13O13/c1-24-52-40-63(92)67(68(94)49(14)38-64-80-55-26-25-53(39-56(55)81-64)70(96)78-29-32-89-30-27-77-28-31-89)88(23)76(102)66(48(12)13)87(22)75(101)60(36-46(8)9)86(21)74(100)59(35-45(6)7)85(20)71(97)51(16)79-69(95)50(15)37-61(90)58(34-44(4)5)84(19)73(99)54(47(10)11)41-62(91)57(33-43(2)3)83(18)65(93)42-82(17)72(52)98/h25-26,39,43-52,54,57-60,66-68,77,94H,24,27-38,40-42H2,1-23H3,(H,78,96)(H,79,95)(H,80,81)/t49-,50-,51-,52-,54+,57+,58+,59+,60+,66+,67-,68-/m1/s1. The van der Waals surface area contributed by atoms with Crippen LogP contribution in [0.15, 0.2) is 18.2 Å². The highest BCUT2D eigenvalue weighted by molar-refractivity contribution is 6.00. The molecule has 0 saturated carbocycles. The van der Waals surface area contributed by atoms with E-state index in [1.807, 2.05) is 55.4 Å². The van der Waals surface area contributed by atoms with Gasteiger partial charge in [-0.15, -0.1) is 0 Å². The lowest BCUT2D eigenvalue weighted by Crippen LogP contribution is -2.62. The summed E-state index contributed by atoms with van der Waals surface area (Å²) in [6, 6.07) is -3.42. The van der Waals surface area contributed by atoms with Crippen molar-refractivity contribution in [2.24, 2.45) is 59.2 Å². The Labute approximate surface area is 607 Å². The number of rotatable bonds is 19. The monoisotopic (exact) mass is 1430 g/mol. The lowest BCUT2D eigenvalue weighted by molar-refractivity contribution is -0.157. The van der Waals surface area contributed by atoms with E-state index in [9.17, 15) is 43.5 Å². The first-order valence-electron chi connectivity index (χ1n) is 37.2. The number of aromatic nitrogens is 2. The summed E-state index contributed by atoms with van der Waals surface area (Å²) in [7, 11) is 10.2. The Morgan fingerprint density at radius 1 is 0.578 bits per heavy atom. The van der Waals surface area contributed by atoms with Gasteiger partial charge >= 0.3 is 0 Å². The van der Waals surface area contributed by atoms with Gasteiger partial charge in [-0.25, -0.2) is 4.98 Å². The number of imidazole rings is 1. The number of aliphatic hydroxyl groups excluding tert-OH is 1. The van der Waals surface area contributed by atoms with E-state index in [4.69, 9.17) is 4.98 Å². The molecule has 9 amide bonds. The number of aliphatic hydroxyl groups is 1. The zero-order valence-corrected chi connectivity index (χ0v) is 65.8. The maximum Gasteiger partial charge on any atom is 0.251 e. The van der Waals surface area contributed by atoms with Gasteiger partial charge in [-0.1, -0.05) is 104 Å². The Kier molecular flexibility index (Phi) is 33.9. The van der Waals surface area contributed by atoms with E-state index in [2.05, 4.69) is 25.8 Å². The van der Waals surface area contributed by atoms with Crippen molar-refractivity contribution in [1.29, 1.82) is 0 Å². The lowest BCUT2D eigenvalue weighted by atomic mass is 9.84. The summed E-state index contributed by atoms with van der Waals surface area (Å²) in [5, 5.41) is 21.9. The fourth-order valence-corrected chi connectivity index (χ4v) is 14.1. The van der Waals surface area contributed by atoms with Gasteiger partial charge in [-0.3, -0.25) is 62.4 Å². The number of hydrogen-bond donors (Lipinski definition) is 5. The number of aromatic amines is 1. The topological polar surface area (TPSA) is 316 Å². The molecule has 2 fully saturated rings. The number of nitrogens with zero attached hydrogens (tertiary/aromatic N) is 9. The summed E-state index contributed by atoms with van der Waals surface area (Å²) in [4.78, 5) is 196. The number of carbonyl (C=O) groups excluding carboxylic acids is 12. The third-order valence-corrected chi connectivity index (χ3v) is 20.5. The van der Waals surface area contributed by atoms with Crippen LogP contribution < -0.4 is 16.0 Å². The molecule has 2 aliphatic rings. The molecule has 0 radical (unpaired) electrons. The second kappa shape index (κ2) is 39.6. The first-order chi connectivity index (χ1) is 47.6. The molecule has 3 heterocycles. The van der Waals surface area contributed by atoms with Crippen LogP contribution in [0.2, 0.25) is 0 Å². The fraction of sp³-hybridized carbons (Fsp3) is 0.750. The van der Waals surface area contributed by atoms with Crippen molar-refractivity contribution in [2.45, 2.75) is 217 Å². The van der Waals surface area contributed by atoms with Crippen molar-refractivity contribution in [3.63, 3.8) is 0 Å². The Balaban J connectivity index is 1.88. The fourth-order valence-electron chi connectivity index (χ4n) is 14.1. The Hall–Kier alpha value is -7.19. The molecular weight excluding hydrogens is 1300 g/mol. The molecule has 12 atom stereocenters. The number of hydrogen-bond acceptors (Lipinski definition) is 16. The van der Waals surface area contributed by atoms with Gasteiger partial charge in [0.2, 0.25) is 47.3 Å². The third-order valence-electron chi connectivity index (χ3n) is 20.5. The Morgan fingerprint density at radius 3 is 1.61 bits per heavy atom. The third kappa shape index (κ3) is 23.7. The van der Waals surface area contributed by atoms with Crippen molar-refractivity contribution in [3.8, 4) is 0 Å². The SMILES string of the molecule is CC[C@@H]1CC(=O)[C@H]([C@H](O)[C@H](C)Cc2nc3ccc(C(=O)NCCN4CCNCC4)cc3[nH]2)N(C)C(=O)[C@H](C(C)C)N(C)C(=O)[C@H](CC(C)C)N(C)C(=O)[C@H](CC(C)C)N(C)C(=O)[C@@H](C)NC(=O)[C@H](C)CC(=O)[C@H](CC(C)C)N(C)C(=O)[C@H](C(C)C)CC(=O)[C@H](CC(C)C)N(C)C(=O)CN(C)C1=O. The highest BCUT2D eigenvalue weighted by Gasteiger charge is 2.46. The zero-order valence-electron chi connectivity index (χ0n) is 65.8. The highest BCUT2D eigenvalue weighted by atomic mass is 16.3. The van der Waals surface area contributed by atoms with Gasteiger partial charge in [-0.2, -0.15) is 0 Å². The summed E-state index contributed by atoms with van der Waals surface area (Å²) in [5.74, 6) is -11.6. The van der Waals surface area contributed by atoms with Gasteiger partial charge in [-0.05, 0) is 98.7 Å². The van der Waals surface area contributed by atoms with Crippen LogP contribution in [0.1, 0.15) is 178 Å². The van der Waals surface area contributed by atoms with Gasteiger partial charge in [0.25, 0.3) is 5.91 Å². The van der Waals surface area contributed by atoms with Crippen LogP contribution in [0.5, 0.6) is 0 Å². The smallest absolute Gasteiger partial charge is 0.251 e. The summed E-state index contributed by atoms with van der Waals surface area (Å²) in [5.41, 5.74) is 1.51. The second-order valence-electron chi connectivity index (χ2n) is 31.7. The van der Waals surface area contributed by atoms with Crippen LogP contribution >= 0.6 is 0 Å². The molecule has 26 nitrogen and oxygen atoms in total. The summed E-state index contributed by atoms with van der Waals surface area (Å²) in [6.07, 6.45) is -1.84. The first-order valence-corrected chi connectivity index (χ1v) is 37.2. The number of ketones is 3. The molecule has 4 rings (SSSR count). The van der Waals surface area contributed by atoms with Gasteiger partial charge in [0.1, 0.15) is 36.0 Å². The number of piperazine rings is 1. The van der Waals surface area contributed by atoms with Crippen molar-refractivity contribution < 1.29 is 62.6 Å². The Bertz CT molecular complexity index is 3210. The molecule has 1 aromatic heterocycles. The summed E-state index contributed by atoms with van der Waals surface area (Å²) < 4.78 is 0. The number of Topliss-reactive ketones (excluding diaryl/α,β-unsaturated/α-hetero) is 3. The predicted octanol–water partition coefficient (Wildman–Crippen LogP) is 5.33. The first kappa shape index (κ1) is 87.2. The molecule has 2 aromatic rings. The molecular formula is C76H127N13O13. The van der Waals surface area contributed by atoms with E-state index in [0.29, 0.717) is 35.5 Å². The largest absolute Gasteiger partial charge is 0.390 e. The van der Waals surface area contributed by atoms with Crippen LogP contribution in [0, 0.1) is 59.2 Å². The number of carbonyl (C=O) groups is 12. The second-order valence-corrected chi connectivity index (χ2v) is 31.7. The quantitative estimate of drug-likeness (QED) is 0.119. The molecule has 0 unspecified atom stereocenters. The van der Waals surface area contributed by atoms with Crippen LogP contribution in [0.3, 0.4) is 0 Å². The number of benzene rings is 1. The van der Waals surface area contributed by atoms with E-state index >= 15 is 19.2 Å². The molecule has 0 spiro atoms. The summed E-state index contributed by atoms with van der Waals surface area (Å²) in [6.45, 7) is 32.8. The molecule has 0 bridgehead atoms. The molecule has 26 heteroatoms. The number of fused-ring (bicyclic) bond motifs is 1. The predicted molar refractivity (Wildman–Crippen MR) is 394 cm³/mol. The van der Waals surface area contributed by atoms with Gasteiger partial charge < -0.3 is 60.3 Å². The molecule has 2 saturated heterocycles. The van der Waals surface area contributed by atoms with E-state index < -0.39 is 161 Å². The number of H-pyrrole nitrogens is 1. The van der Waals surface area contributed by atoms with Crippen LogP contribution in [-0.2, 0) is 59.2 Å². The minimum absolute atomic E-state index is 0.0442. The van der Waals surface area contributed by atoms with Crippen LogP contribution in [-0.4, -0.2) is 268 Å². The van der Waals surface area contributed by atoms with Crippen molar-refractivity contribution in [1.82, 2.24) is 65.1 Å². The van der Waals surface area contributed by atoms with Gasteiger partial charge in [0.15, 0.2) is 17.3 Å². The molecule has 1 aromatic carbocycles. The average Bonchev–Trinajstić information content (AvgIpc) is 1.18. The average molecular weight is 1430 g/mol. The lowest BCUT2D eigenvalue weighted by Gasteiger charge is -2.41. The van der Waals surface area contributed by atoms with Crippen molar-refractivity contribution >= 4 is 81.5 Å². The van der Waals surface area contributed by atoms with Crippen molar-refractivity contribution in [3.05, 3.63) is 29.6 Å². The van der Waals surface area contributed by atoms with Crippen LogP contribution in [0.25, 0.3) is 11.0 Å². The zero-order chi connectivity index (χ0) is 77.2. The molecule has 574 valence electrons. The molecule has 102 heavy (non-hydrogen) atoms. The maximum atomic E-state index is 15.6. The Morgan fingerprint density at radius 2 is 1.08 bits per heavy atom. The van der Waals surface area contributed by atoms with E-state index in [-0.39, 0.29) is 80.9 Å². The molecule has 0 aliphatic carbocycles. The van der Waals surface area contributed by atoms with Gasteiger partial charge in [0.05, 0.1) is 35.8 Å². The normalized spacial score (nSPS) is 25.6. The number of likely N-dealkylation sites (N-methyl/N-ethyl adjacent to an activating group) is 7. The number of nitrogens with one attached hydrogen (secondary N) is 4. The van der Waals surface area contributed by atoms with E-state index in [0.717, 1.165) is 31.1 Å². The highest BCUT2D eigenvalue weighted by Crippen LogP contribution is 2.30. The summed E-state index contributed by atoms with van der Waals surface area (Å²) >= 11 is 0. The van der Waals surface area contributed by atoms with E-state index in [1.165, 1.54) is 85.7 Å². The minimum atomic E-state index is -1.64. The van der Waals surface area contributed by atoms with E-state index in [1.54, 1.807) is 66.7 Å². The molecule has 2 aliphatic heterocycles. The van der Waals surface area contributed by atoms with Crippen molar-refractivity contribution in [2.75, 3.05) is 95.1 Å². The maximum absolute atomic E-state index is 15.6. The molecule has 5 N–H and O–H groups in total.